The molecule has 1 N–H and O–H groups in total. The number of carbonyl (C=O) groups is 1. The smallest absolute Gasteiger partial charge is 0.277 e. The van der Waals surface area contributed by atoms with E-state index in [0.29, 0.717) is 0 Å². The molecule has 2 aromatic rings. The highest BCUT2D eigenvalue weighted by Gasteiger charge is 2.19. The van der Waals surface area contributed by atoms with Crippen LogP contribution in [0.25, 0.3) is 5.69 Å². The number of rotatable bonds is 6. The van der Waals surface area contributed by atoms with Gasteiger partial charge in [-0.1, -0.05) is 0 Å². The van der Waals surface area contributed by atoms with Gasteiger partial charge in [0.15, 0.2) is 5.69 Å². The largest absolute Gasteiger partial charge is 0.380 e. The predicted octanol–water partition coefficient (Wildman–Crippen LogP) is 1.75. The van der Waals surface area contributed by atoms with Gasteiger partial charge in [-0.3, -0.25) is 9.59 Å². The van der Waals surface area contributed by atoms with E-state index < -0.39 is 28.7 Å². The molecule has 0 aliphatic heterocycles. The van der Waals surface area contributed by atoms with E-state index in [4.69, 9.17) is 9.47 Å². The second-order valence-electron chi connectivity index (χ2n) is 4.87. The maximum absolute atomic E-state index is 14.2. The van der Waals surface area contributed by atoms with Crippen molar-refractivity contribution >= 4 is 21.8 Å². The number of methoxy groups -OCH3 is 2. The van der Waals surface area contributed by atoms with Gasteiger partial charge in [-0.05, 0) is 22.0 Å². The van der Waals surface area contributed by atoms with Crippen LogP contribution in [-0.2, 0) is 16.1 Å². The molecule has 0 fully saturated rings. The molecule has 10 heteroatoms. The third-order valence-electron chi connectivity index (χ3n) is 3.12. The van der Waals surface area contributed by atoms with Crippen molar-refractivity contribution in [3.05, 3.63) is 55.9 Å². The van der Waals surface area contributed by atoms with E-state index in [1.807, 2.05) is 0 Å². The van der Waals surface area contributed by atoms with Gasteiger partial charge >= 0.3 is 0 Å². The number of nitrogens with one attached hydrogen (secondary N) is 1. The third kappa shape index (κ3) is 4.27. The molecule has 1 amide bonds. The van der Waals surface area contributed by atoms with Crippen molar-refractivity contribution in [1.82, 2.24) is 15.1 Å². The lowest BCUT2D eigenvalue weighted by Crippen LogP contribution is -2.34. The summed E-state index contributed by atoms with van der Waals surface area (Å²) >= 11 is 2.88. The lowest BCUT2D eigenvalue weighted by atomic mass is 10.2. The van der Waals surface area contributed by atoms with Crippen LogP contribution < -0.4 is 10.7 Å². The summed E-state index contributed by atoms with van der Waals surface area (Å²) in [5, 5.41) is 6.15. The molecule has 0 unspecified atom stereocenters. The first-order valence-electron chi connectivity index (χ1n) is 6.92. The van der Waals surface area contributed by atoms with Crippen LogP contribution in [0.2, 0.25) is 0 Å². The first-order chi connectivity index (χ1) is 11.9. The van der Waals surface area contributed by atoms with Crippen molar-refractivity contribution < 1.29 is 23.0 Å². The normalized spacial score (nSPS) is 10.8. The summed E-state index contributed by atoms with van der Waals surface area (Å²) in [5.74, 6) is -2.33. The Hall–Kier alpha value is -2.17. The van der Waals surface area contributed by atoms with E-state index in [0.717, 1.165) is 16.8 Å². The van der Waals surface area contributed by atoms with E-state index >= 15 is 0 Å². The number of halogens is 3. The van der Waals surface area contributed by atoms with Crippen LogP contribution in [0.1, 0.15) is 16.1 Å². The van der Waals surface area contributed by atoms with Crippen molar-refractivity contribution in [2.24, 2.45) is 0 Å². The second-order valence-corrected chi connectivity index (χ2v) is 5.72. The van der Waals surface area contributed by atoms with Gasteiger partial charge in [-0.2, -0.15) is 5.10 Å². The first-order valence-corrected chi connectivity index (χ1v) is 7.72. The summed E-state index contributed by atoms with van der Waals surface area (Å²) < 4.78 is 38.4. The van der Waals surface area contributed by atoms with Crippen LogP contribution in [0.3, 0.4) is 0 Å². The molecule has 0 spiro atoms. The van der Waals surface area contributed by atoms with Gasteiger partial charge in [0.2, 0.25) is 5.43 Å². The fraction of sp³-hybridized carbons (Fsp3) is 0.267. The highest BCUT2D eigenvalue weighted by Crippen LogP contribution is 2.22. The second kappa shape index (κ2) is 8.28. The minimum Gasteiger partial charge on any atom is -0.380 e. The van der Waals surface area contributed by atoms with Gasteiger partial charge in [0.25, 0.3) is 5.91 Å². The molecule has 25 heavy (non-hydrogen) atoms. The summed E-state index contributed by atoms with van der Waals surface area (Å²) in [7, 11) is 2.71. The maximum Gasteiger partial charge on any atom is 0.277 e. The Morgan fingerprint density at radius 3 is 2.64 bits per heavy atom. The molecule has 0 bridgehead atoms. The van der Waals surface area contributed by atoms with E-state index in [2.05, 4.69) is 26.3 Å². The van der Waals surface area contributed by atoms with Gasteiger partial charge in [0.05, 0.1) is 11.1 Å². The Labute approximate surface area is 149 Å². The summed E-state index contributed by atoms with van der Waals surface area (Å²) in [6, 6.07) is 1.81. The van der Waals surface area contributed by atoms with Gasteiger partial charge in [0.1, 0.15) is 24.1 Å². The highest BCUT2D eigenvalue weighted by molar-refractivity contribution is 9.10. The van der Waals surface area contributed by atoms with Crippen LogP contribution in [0.15, 0.2) is 27.6 Å². The van der Waals surface area contributed by atoms with E-state index in [-0.39, 0.29) is 29.1 Å². The lowest BCUT2D eigenvalue weighted by molar-refractivity contribution is 0.0863. The maximum atomic E-state index is 14.2. The van der Waals surface area contributed by atoms with E-state index in [1.54, 1.807) is 0 Å². The molecular formula is C15H14BrF2N3O4. The van der Waals surface area contributed by atoms with Gasteiger partial charge in [-0.15, -0.1) is 0 Å². The number of amides is 1. The number of hydrogen-bond acceptors (Lipinski definition) is 5. The van der Waals surface area contributed by atoms with Crippen LogP contribution >= 0.6 is 15.9 Å². The van der Waals surface area contributed by atoms with Crippen molar-refractivity contribution in [2.45, 2.75) is 6.61 Å². The number of benzene rings is 1. The van der Waals surface area contributed by atoms with Crippen LogP contribution in [0.5, 0.6) is 0 Å². The fourth-order valence-electron chi connectivity index (χ4n) is 1.98. The summed E-state index contributed by atoms with van der Waals surface area (Å²) in [5.41, 5.74) is -1.37. The molecule has 1 heterocycles. The van der Waals surface area contributed by atoms with E-state index in [1.165, 1.54) is 20.4 Å². The van der Waals surface area contributed by atoms with Crippen LogP contribution in [0, 0.1) is 11.6 Å². The topological polar surface area (TPSA) is 82.4 Å². The third-order valence-corrected chi connectivity index (χ3v) is 3.73. The van der Waals surface area contributed by atoms with Crippen LogP contribution in [0.4, 0.5) is 8.78 Å². The minimum atomic E-state index is -0.809. The van der Waals surface area contributed by atoms with Gasteiger partial charge in [-0.25, -0.2) is 13.5 Å². The zero-order valence-electron chi connectivity index (χ0n) is 13.3. The number of nitrogens with zero attached hydrogens (tertiary/aromatic N) is 2. The average molecular weight is 418 g/mol. The SMILES string of the molecule is COCNC(=O)c1nn(-c2cc(F)c(Br)cc2F)cc(COC)c1=O. The van der Waals surface area contributed by atoms with Crippen molar-refractivity contribution in [3.8, 4) is 5.69 Å². The molecule has 0 saturated carbocycles. The molecule has 0 radical (unpaired) electrons. The summed E-state index contributed by atoms with van der Waals surface area (Å²) in [6.45, 7) is -0.276. The van der Waals surface area contributed by atoms with Gasteiger partial charge < -0.3 is 14.8 Å². The number of aromatic nitrogens is 2. The minimum absolute atomic E-state index is 0.0581. The average Bonchev–Trinajstić information content (AvgIpc) is 2.58. The monoisotopic (exact) mass is 417 g/mol. The lowest BCUT2D eigenvalue weighted by Gasteiger charge is -2.12. The molecule has 134 valence electrons. The van der Waals surface area contributed by atoms with Crippen molar-refractivity contribution in [3.63, 3.8) is 0 Å². The Kier molecular flexibility index (Phi) is 6.34. The Morgan fingerprint density at radius 1 is 1.28 bits per heavy atom. The number of hydrogen-bond donors (Lipinski definition) is 1. The molecule has 2 rings (SSSR count). The highest BCUT2D eigenvalue weighted by atomic mass is 79.9. The molecule has 0 saturated heterocycles. The molecule has 1 aromatic carbocycles. The molecule has 0 aliphatic carbocycles. The molecular weight excluding hydrogens is 404 g/mol. The Morgan fingerprint density at radius 2 is 2.00 bits per heavy atom. The molecule has 1 aromatic heterocycles. The Balaban J connectivity index is 2.62. The summed E-state index contributed by atoms with van der Waals surface area (Å²) in [4.78, 5) is 24.4. The van der Waals surface area contributed by atoms with Crippen molar-refractivity contribution in [2.75, 3.05) is 21.0 Å². The molecule has 0 atom stereocenters. The number of carbonyl (C=O) groups excluding carboxylic acids is 1. The molecule has 7 nitrogen and oxygen atoms in total. The number of ether oxygens (including phenoxy) is 2. The summed E-state index contributed by atoms with van der Waals surface area (Å²) in [6.07, 6.45) is 1.19. The quantitative estimate of drug-likeness (QED) is 0.571. The zero-order valence-corrected chi connectivity index (χ0v) is 14.9. The predicted molar refractivity (Wildman–Crippen MR) is 87.5 cm³/mol. The Bertz CT molecular complexity index is 857. The van der Waals surface area contributed by atoms with Gasteiger partial charge in [0, 0.05) is 32.0 Å². The van der Waals surface area contributed by atoms with Crippen molar-refractivity contribution in [1.29, 1.82) is 0 Å². The first kappa shape index (κ1) is 19.2. The standard InChI is InChI=1S/C15H14BrF2N3O4/c1-24-6-8-5-21(12-4-10(17)9(16)3-11(12)18)20-13(14(8)22)15(23)19-7-25-2/h3-5H,6-7H2,1-2H3,(H,19,23). The molecule has 0 aliphatic rings. The fourth-order valence-corrected chi connectivity index (χ4v) is 2.30. The zero-order chi connectivity index (χ0) is 18.6. The van der Waals surface area contributed by atoms with E-state index in [9.17, 15) is 18.4 Å². The van der Waals surface area contributed by atoms with Crippen LogP contribution in [-0.4, -0.2) is 36.6 Å².